The van der Waals surface area contributed by atoms with Gasteiger partial charge in [-0.25, -0.2) is 0 Å². The van der Waals surface area contributed by atoms with Gasteiger partial charge in [-0.3, -0.25) is 10.1 Å². The van der Waals surface area contributed by atoms with Gasteiger partial charge in [0, 0.05) is 16.7 Å². The van der Waals surface area contributed by atoms with Crippen molar-refractivity contribution in [3.05, 3.63) is 103 Å². The van der Waals surface area contributed by atoms with Crippen LogP contribution in [-0.2, 0) is 0 Å². The van der Waals surface area contributed by atoms with Crippen molar-refractivity contribution in [1.29, 1.82) is 0 Å². The van der Waals surface area contributed by atoms with Crippen molar-refractivity contribution in [2.24, 2.45) is 0 Å². The maximum absolute atomic E-state index is 12.6. The number of nitrogens with zero attached hydrogens (tertiary/aromatic N) is 2. The van der Waals surface area contributed by atoms with Crippen LogP contribution in [0.1, 0.15) is 10.4 Å². The summed E-state index contributed by atoms with van der Waals surface area (Å²) < 4.78 is 10.8. The number of furan rings is 1. The molecule has 0 saturated heterocycles. The molecule has 6 nitrogen and oxygen atoms in total. The van der Waals surface area contributed by atoms with Gasteiger partial charge >= 0.3 is 6.01 Å². The summed E-state index contributed by atoms with van der Waals surface area (Å²) in [7, 11) is 0. The number of aromatic nitrogens is 2. The zero-order valence-corrected chi connectivity index (χ0v) is 16.4. The molecule has 0 atom stereocenters. The molecule has 31 heavy (non-hydrogen) atoms. The number of hydrogen-bond acceptors (Lipinski definition) is 5. The van der Waals surface area contributed by atoms with Crippen LogP contribution in [0.5, 0.6) is 0 Å². The lowest BCUT2D eigenvalue weighted by Crippen LogP contribution is -2.11. The van der Waals surface area contributed by atoms with Gasteiger partial charge in [0.05, 0.1) is 12.5 Å². The Morgan fingerprint density at radius 3 is 2.23 bits per heavy atom. The minimum Gasteiger partial charge on any atom is -0.472 e. The molecule has 6 heteroatoms. The van der Waals surface area contributed by atoms with E-state index in [4.69, 9.17) is 8.83 Å². The van der Waals surface area contributed by atoms with Crippen LogP contribution >= 0.6 is 0 Å². The smallest absolute Gasteiger partial charge is 0.322 e. The van der Waals surface area contributed by atoms with Crippen LogP contribution in [-0.4, -0.2) is 16.1 Å². The van der Waals surface area contributed by atoms with Crippen molar-refractivity contribution >= 4 is 11.9 Å². The Kier molecular flexibility index (Phi) is 4.86. The number of nitrogens with one attached hydrogen (secondary N) is 1. The fourth-order valence-corrected chi connectivity index (χ4v) is 3.26. The Morgan fingerprint density at radius 2 is 1.45 bits per heavy atom. The highest BCUT2D eigenvalue weighted by atomic mass is 16.4. The maximum Gasteiger partial charge on any atom is 0.322 e. The van der Waals surface area contributed by atoms with Crippen molar-refractivity contribution in [2.75, 3.05) is 5.32 Å². The third-order valence-electron chi connectivity index (χ3n) is 4.86. The number of amides is 1. The Balaban J connectivity index is 1.31. The molecule has 5 rings (SSSR count). The second kappa shape index (κ2) is 8.12. The summed E-state index contributed by atoms with van der Waals surface area (Å²) >= 11 is 0. The van der Waals surface area contributed by atoms with Crippen LogP contribution in [0.25, 0.3) is 33.7 Å². The molecule has 1 N–H and O–H groups in total. The van der Waals surface area contributed by atoms with E-state index in [1.807, 2.05) is 72.8 Å². The number of carbonyl (C=O) groups excluding carboxylic acids is 1. The normalized spacial score (nSPS) is 10.7. The van der Waals surface area contributed by atoms with Gasteiger partial charge in [0.15, 0.2) is 0 Å². The lowest BCUT2D eigenvalue weighted by molar-refractivity contribution is 0.102. The topological polar surface area (TPSA) is 81.2 Å². The zero-order valence-electron chi connectivity index (χ0n) is 16.4. The molecule has 0 aliphatic rings. The molecule has 5 aromatic rings. The predicted molar refractivity (Wildman–Crippen MR) is 117 cm³/mol. The lowest BCUT2D eigenvalue weighted by atomic mass is 10.0. The van der Waals surface area contributed by atoms with Gasteiger partial charge in [-0.15, -0.1) is 5.10 Å². The molecule has 150 valence electrons. The number of carbonyl (C=O) groups is 1. The lowest BCUT2D eigenvalue weighted by Gasteiger charge is -2.04. The third-order valence-corrected chi connectivity index (χ3v) is 4.86. The van der Waals surface area contributed by atoms with Gasteiger partial charge in [0.1, 0.15) is 0 Å². The van der Waals surface area contributed by atoms with E-state index in [1.54, 1.807) is 24.7 Å². The number of rotatable bonds is 5. The standard InChI is InChI=1S/C25H17N3O3/c29-23(19-11-9-18(10-12-19)17-5-2-1-3-6-17)26-25-28-27-24(31-25)21-8-4-7-20(15-21)22-13-14-30-16-22/h1-16H,(H,26,28,29). The summed E-state index contributed by atoms with van der Waals surface area (Å²) in [4.78, 5) is 12.6. The first kappa shape index (κ1) is 18.6. The van der Waals surface area contributed by atoms with E-state index >= 15 is 0 Å². The average Bonchev–Trinajstić information content (AvgIpc) is 3.53. The van der Waals surface area contributed by atoms with Crippen molar-refractivity contribution in [1.82, 2.24) is 10.2 Å². The first-order valence-corrected chi connectivity index (χ1v) is 9.70. The van der Waals surface area contributed by atoms with Crippen molar-refractivity contribution in [3.8, 4) is 33.7 Å². The number of anilines is 1. The summed E-state index contributed by atoms with van der Waals surface area (Å²) in [6.07, 6.45) is 3.29. The molecular formula is C25H17N3O3. The van der Waals surface area contributed by atoms with Crippen LogP contribution < -0.4 is 5.32 Å². The van der Waals surface area contributed by atoms with Crippen LogP contribution in [0.2, 0.25) is 0 Å². The highest BCUT2D eigenvalue weighted by Gasteiger charge is 2.14. The van der Waals surface area contributed by atoms with Crippen LogP contribution in [0.3, 0.4) is 0 Å². The SMILES string of the molecule is O=C(Nc1nnc(-c2cccc(-c3ccoc3)c2)o1)c1ccc(-c2ccccc2)cc1. The number of hydrogen-bond donors (Lipinski definition) is 1. The zero-order chi connectivity index (χ0) is 21.0. The maximum atomic E-state index is 12.6. The van der Waals surface area contributed by atoms with E-state index in [0.717, 1.165) is 27.8 Å². The molecule has 0 radical (unpaired) electrons. The minimum absolute atomic E-state index is 0.0425. The Bertz CT molecular complexity index is 1310. The molecule has 0 bridgehead atoms. The predicted octanol–water partition coefficient (Wildman–Crippen LogP) is 5.92. The Hall–Kier alpha value is -4.45. The molecule has 0 aliphatic heterocycles. The second-order valence-electron chi connectivity index (χ2n) is 6.90. The van der Waals surface area contributed by atoms with Crippen LogP contribution in [0, 0.1) is 0 Å². The van der Waals surface area contributed by atoms with Crippen molar-refractivity contribution in [2.45, 2.75) is 0 Å². The second-order valence-corrected chi connectivity index (χ2v) is 6.90. The van der Waals surface area contributed by atoms with Gasteiger partial charge in [-0.2, -0.15) is 0 Å². The largest absolute Gasteiger partial charge is 0.472 e. The van der Waals surface area contributed by atoms with E-state index < -0.39 is 0 Å². The molecule has 0 unspecified atom stereocenters. The van der Waals surface area contributed by atoms with Crippen molar-refractivity contribution < 1.29 is 13.6 Å². The summed E-state index contributed by atoms with van der Waals surface area (Å²) in [5, 5.41) is 10.7. The molecule has 0 saturated carbocycles. The van der Waals surface area contributed by atoms with Gasteiger partial charge in [-0.1, -0.05) is 59.7 Å². The van der Waals surface area contributed by atoms with E-state index in [9.17, 15) is 4.79 Å². The Labute approximate surface area is 178 Å². The summed E-state index contributed by atoms with van der Waals surface area (Å²) in [5.41, 5.74) is 5.30. The fraction of sp³-hybridized carbons (Fsp3) is 0. The van der Waals surface area contributed by atoms with E-state index in [-0.39, 0.29) is 11.9 Å². The molecular weight excluding hydrogens is 390 g/mol. The van der Waals surface area contributed by atoms with Gasteiger partial charge < -0.3 is 8.83 Å². The summed E-state index contributed by atoms with van der Waals surface area (Å²) in [6.45, 7) is 0. The summed E-state index contributed by atoms with van der Waals surface area (Å²) in [5.74, 6) is 0.00188. The average molecular weight is 407 g/mol. The van der Waals surface area contributed by atoms with E-state index in [0.29, 0.717) is 11.5 Å². The molecule has 0 aliphatic carbocycles. The molecule has 3 aromatic carbocycles. The molecule has 0 fully saturated rings. The summed E-state index contributed by atoms with van der Waals surface area (Å²) in [6, 6.07) is 26.9. The molecule has 2 aromatic heterocycles. The van der Waals surface area contributed by atoms with Gasteiger partial charge in [0.25, 0.3) is 5.91 Å². The molecule has 2 heterocycles. The van der Waals surface area contributed by atoms with Gasteiger partial charge in [0.2, 0.25) is 5.89 Å². The highest BCUT2D eigenvalue weighted by molar-refractivity contribution is 6.03. The first-order chi connectivity index (χ1) is 15.3. The van der Waals surface area contributed by atoms with Crippen LogP contribution in [0.4, 0.5) is 6.01 Å². The number of benzene rings is 3. The molecule has 0 spiro atoms. The van der Waals surface area contributed by atoms with Crippen molar-refractivity contribution in [3.63, 3.8) is 0 Å². The quantitative estimate of drug-likeness (QED) is 0.391. The fourth-order valence-electron chi connectivity index (χ4n) is 3.26. The third kappa shape index (κ3) is 4.00. The monoisotopic (exact) mass is 407 g/mol. The highest BCUT2D eigenvalue weighted by Crippen LogP contribution is 2.27. The van der Waals surface area contributed by atoms with Crippen LogP contribution in [0.15, 0.2) is 106 Å². The first-order valence-electron chi connectivity index (χ1n) is 9.70. The minimum atomic E-state index is -0.318. The molecule has 1 amide bonds. The Morgan fingerprint density at radius 1 is 0.710 bits per heavy atom. The van der Waals surface area contributed by atoms with E-state index in [1.165, 1.54) is 0 Å². The van der Waals surface area contributed by atoms with Gasteiger partial charge in [-0.05, 0) is 47.0 Å². The van der Waals surface area contributed by atoms with E-state index in [2.05, 4.69) is 15.5 Å².